The van der Waals surface area contributed by atoms with Gasteiger partial charge in [-0.3, -0.25) is 9.59 Å². The predicted molar refractivity (Wildman–Crippen MR) is 128 cm³/mol. The summed E-state index contributed by atoms with van der Waals surface area (Å²) in [6.45, 7) is 2.21. The zero-order valence-electron chi connectivity index (χ0n) is 17.5. The molecule has 0 aromatic heterocycles. The van der Waals surface area contributed by atoms with Crippen LogP contribution in [-0.2, 0) is 11.4 Å². The average Bonchev–Trinajstić information content (AvgIpc) is 3.06. The van der Waals surface area contributed by atoms with Crippen LogP contribution in [0.4, 0.5) is 10.5 Å². The maximum absolute atomic E-state index is 12.9. The van der Waals surface area contributed by atoms with Gasteiger partial charge in [0.2, 0.25) is 0 Å². The molecule has 4 rings (SSSR count). The van der Waals surface area contributed by atoms with Crippen molar-refractivity contribution in [2.24, 2.45) is 0 Å². The van der Waals surface area contributed by atoms with Crippen molar-refractivity contribution >= 4 is 46.3 Å². The van der Waals surface area contributed by atoms with E-state index in [1.807, 2.05) is 55.5 Å². The van der Waals surface area contributed by atoms with E-state index in [1.54, 1.807) is 31.4 Å². The predicted octanol–water partition coefficient (Wildman–Crippen LogP) is 6.48. The lowest BCUT2D eigenvalue weighted by Gasteiger charge is -2.13. The number of carbonyl (C=O) groups excluding carboxylic acids is 2. The van der Waals surface area contributed by atoms with E-state index in [1.165, 1.54) is 4.90 Å². The lowest BCUT2D eigenvalue weighted by atomic mass is 10.1. The molecule has 1 saturated heterocycles. The minimum Gasteiger partial charge on any atom is -0.493 e. The topological polar surface area (TPSA) is 55.8 Å². The van der Waals surface area contributed by atoms with Crippen molar-refractivity contribution in [1.29, 1.82) is 0 Å². The van der Waals surface area contributed by atoms with Crippen LogP contribution in [0.2, 0.25) is 5.02 Å². The van der Waals surface area contributed by atoms with Gasteiger partial charge in [-0.25, -0.2) is 4.90 Å². The van der Waals surface area contributed by atoms with Crippen molar-refractivity contribution < 1.29 is 19.1 Å². The molecule has 3 aromatic rings. The molecule has 0 saturated carbocycles. The van der Waals surface area contributed by atoms with Crippen LogP contribution < -0.4 is 14.4 Å². The summed E-state index contributed by atoms with van der Waals surface area (Å²) in [4.78, 5) is 26.9. The number of ether oxygens (including phenoxy) is 2. The number of carbonyl (C=O) groups is 2. The van der Waals surface area contributed by atoms with E-state index < -0.39 is 0 Å². The number of methoxy groups -OCH3 is 1. The lowest BCUT2D eigenvalue weighted by molar-refractivity contribution is -0.113. The second-order valence-electron chi connectivity index (χ2n) is 7.15. The monoisotopic (exact) mass is 465 g/mol. The van der Waals surface area contributed by atoms with E-state index in [4.69, 9.17) is 21.1 Å². The number of imide groups is 1. The third-order valence-corrected chi connectivity index (χ3v) is 6.12. The normalized spacial score (nSPS) is 14.8. The summed E-state index contributed by atoms with van der Waals surface area (Å²) < 4.78 is 11.3. The smallest absolute Gasteiger partial charge is 0.298 e. The summed E-state index contributed by atoms with van der Waals surface area (Å²) >= 11 is 7.11. The lowest BCUT2D eigenvalue weighted by Crippen LogP contribution is -2.27. The Balaban J connectivity index is 1.54. The minimum atomic E-state index is -0.344. The first-order chi connectivity index (χ1) is 15.5. The second-order valence-corrected chi connectivity index (χ2v) is 8.55. The van der Waals surface area contributed by atoms with Gasteiger partial charge in [0.15, 0.2) is 11.5 Å². The number of halogens is 1. The fourth-order valence-electron chi connectivity index (χ4n) is 3.27. The highest BCUT2D eigenvalue weighted by molar-refractivity contribution is 8.19. The Kier molecular flexibility index (Phi) is 6.53. The van der Waals surface area contributed by atoms with Gasteiger partial charge in [-0.1, -0.05) is 48.0 Å². The van der Waals surface area contributed by atoms with E-state index in [-0.39, 0.29) is 11.1 Å². The molecule has 3 aromatic carbocycles. The first-order valence-corrected chi connectivity index (χ1v) is 11.0. The van der Waals surface area contributed by atoms with Gasteiger partial charge in [-0.15, -0.1) is 0 Å². The van der Waals surface area contributed by atoms with E-state index in [0.717, 1.165) is 28.5 Å². The summed E-state index contributed by atoms with van der Waals surface area (Å²) in [6.07, 6.45) is 1.68. The maximum atomic E-state index is 12.9. The molecule has 1 fully saturated rings. The van der Waals surface area contributed by atoms with Crippen molar-refractivity contribution in [2.45, 2.75) is 13.5 Å². The fraction of sp³-hybridized carbons (Fsp3) is 0.120. The summed E-state index contributed by atoms with van der Waals surface area (Å²) in [5.74, 6) is 0.727. The third kappa shape index (κ3) is 4.66. The number of thioether (sulfide) groups is 1. The second kappa shape index (κ2) is 9.51. The highest BCUT2D eigenvalue weighted by Crippen LogP contribution is 2.37. The molecule has 1 aliphatic rings. The Bertz CT molecular complexity index is 1220. The van der Waals surface area contributed by atoms with E-state index in [9.17, 15) is 9.59 Å². The molecular weight excluding hydrogens is 446 g/mol. The van der Waals surface area contributed by atoms with Crippen LogP contribution in [0.25, 0.3) is 6.08 Å². The first kappa shape index (κ1) is 22.0. The van der Waals surface area contributed by atoms with Crippen molar-refractivity contribution in [2.75, 3.05) is 12.0 Å². The molecule has 162 valence electrons. The Labute approximate surface area is 195 Å². The standard InChI is InChI=1S/C25H20ClNO4S/c1-16-6-5-8-19(12-16)27-24(28)23(32-25(27)29)14-17-10-11-21(22(13-17)30-2)31-15-18-7-3-4-9-20(18)26/h3-14H,15H2,1-2H3/b23-14-. The zero-order chi connectivity index (χ0) is 22.7. The fourth-order valence-corrected chi connectivity index (χ4v) is 4.30. The quantitative estimate of drug-likeness (QED) is 0.390. The molecule has 0 unspecified atom stereocenters. The molecule has 7 heteroatoms. The van der Waals surface area contributed by atoms with Gasteiger partial charge in [-0.05, 0) is 66.2 Å². The molecule has 0 aliphatic carbocycles. The Morgan fingerprint density at radius 1 is 1.00 bits per heavy atom. The summed E-state index contributed by atoms with van der Waals surface area (Å²) in [5.41, 5.74) is 3.13. The van der Waals surface area contributed by atoms with Crippen LogP contribution in [-0.4, -0.2) is 18.3 Å². The Morgan fingerprint density at radius 3 is 2.56 bits per heavy atom. The van der Waals surface area contributed by atoms with Gasteiger partial charge in [-0.2, -0.15) is 0 Å². The van der Waals surface area contributed by atoms with Crippen molar-refractivity contribution in [1.82, 2.24) is 0 Å². The number of nitrogens with zero attached hydrogens (tertiary/aromatic N) is 1. The van der Waals surface area contributed by atoms with Crippen LogP contribution in [0.1, 0.15) is 16.7 Å². The number of benzene rings is 3. The summed E-state index contributed by atoms with van der Waals surface area (Å²) in [5, 5.41) is 0.311. The molecule has 0 spiro atoms. The largest absolute Gasteiger partial charge is 0.493 e. The molecule has 0 atom stereocenters. The van der Waals surface area contributed by atoms with Gasteiger partial charge in [0.25, 0.3) is 11.1 Å². The number of rotatable bonds is 6. The highest BCUT2D eigenvalue weighted by atomic mass is 35.5. The number of aryl methyl sites for hydroxylation is 1. The van der Waals surface area contributed by atoms with Crippen LogP contribution >= 0.6 is 23.4 Å². The average molecular weight is 466 g/mol. The zero-order valence-corrected chi connectivity index (χ0v) is 19.1. The molecule has 0 radical (unpaired) electrons. The van der Waals surface area contributed by atoms with Gasteiger partial charge in [0.1, 0.15) is 6.61 Å². The van der Waals surface area contributed by atoms with Crippen LogP contribution in [0.3, 0.4) is 0 Å². The molecule has 32 heavy (non-hydrogen) atoms. The number of amides is 2. The van der Waals surface area contributed by atoms with E-state index >= 15 is 0 Å². The van der Waals surface area contributed by atoms with Crippen molar-refractivity contribution in [3.63, 3.8) is 0 Å². The summed E-state index contributed by atoms with van der Waals surface area (Å²) in [6, 6.07) is 20.1. The number of hydrogen-bond acceptors (Lipinski definition) is 5. The summed E-state index contributed by atoms with van der Waals surface area (Å²) in [7, 11) is 1.55. The van der Waals surface area contributed by atoms with Gasteiger partial charge in [0, 0.05) is 10.6 Å². The Hall–Kier alpha value is -3.22. The molecule has 1 aliphatic heterocycles. The van der Waals surface area contributed by atoms with Crippen molar-refractivity contribution in [3.8, 4) is 11.5 Å². The van der Waals surface area contributed by atoms with Crippen LogP contribution in [0.5, 0.6) is 11.5 Å². The van der Waals surface area contributed by atoms with E-state index in [0.29, 0.717) is 33.7 Å². The van der Waals surface area contributed by atoms with E-state index in [2.05, 4.69) is 0 Å². The van der Waals surface area contributed by atoms with Crippen molar-refractivity contribution in [3.05, 3.63) is 93.3 Å². The van der Waals surface area contributed by atoms with Gasteiger partial charge >= 0.3 is 0 Å². The molecular formula is C25H20ClNO4S. The molecule has 0 N–H and O–H groups in total. The SMILES string of the molecule is COc1cc(/C=C2\SC(=O)N(c3cccc(C)c3)C2=O)ccc1OCc1ccccc1Cl. The number of anilines is 1. The maximum Gasteiger partial charge on any atom is 0.298 e. The van der Waals surface area contributed by atoms with Gasteiger partial charge < -0.3 is 9.47 Å². The first-order valence-electron chi connectivity index (χ1n) is 9.85. The Morgan fingerprint density at radius 2 is 1.81 bits per heavy atom. The molecule has 2 amide bonds. The highest BCUT2D eigenvalue weighted by Gasteiger charge is 2.36. The minimum absolute atomic E-state index is 0.296. The molecule has 5 nitrogen and oxygen atoms in total. The van der Waals surface area contributed by atoms with Gasteiger partial charge in [0.05, 0.1) is 17.7 Å². The number of hydrogen-bond donors (Lipinski definition) is 0. The van der Waals surface area contributed by atoms with Crippen LogP contribution in [0, 0.1) is 6.92 Å². The molecule has 1 heterocycles. The molecule has 0 bridgehead atoms. The van der Waals surface area contributed by atoms with Crippen LogP contribution in [0.15, 0.2) is 71.6 Å². The third-order valence-electron chi connectivity index (χ3n) is 4.88.